The fraction of sp³-hybridized carbons (Fsp3) is 0.462. The Morgan fingerprint density at radius 3 is 2.82 bits per heavy atom. The van der Waals surface area contributed by atoms with Crippen LogP contribution in [-0.4, -0.2) is 44.2 Å². The van der Waals surface area contributed by atoms with E-state index in [1.165, 1.54) is 0 Å². The quantitative estimate of drug-likeness (QED) is 0.718. The average Bonchev–Trinajstić information content (AvgIpc) is 3.11. The lowest BCUT2D eigenvalue weighted by molar-refractivity contribution is -0.127. The summed E-state index contributed by atoms with van der Waals surface area (Å²) in [5.74, 6) is 0.849. The van der Waals surface area contributed by atoms with Crippen LogP contribution in [0.3, 0.4) is 0 Å². The average molecular weight is 235 g/mol. The molecule has 17 heavy (non-hydrogen) atoms. The van der Waals surface area contributed by atoms with Crippen LogP contribution in [0.4, 0.5) is 0 Å². The molecule has 0 N–H and O–H groups in total. The number of nitrogens with zero attached hydrogens (tertiary/aromatic N) is 1. The Morgan fingerprint density at radius 1 is 1.47 bits per heavy atom. The zero-order chi connectivity index (χ0) is 12.3. The Labute approximate surface area is 101 Å². The van der Waals surface area contributed by atoms with Crippen LogP contribution >= 0.6 is 0 Å². The Bertz CT molecular complexity index is 399. The number of likely N-dealkylation sites (N-methyl/N-ethyl adjacent to an activating group) is 1. The second kappa shape index (κ2) is 5.19. The minimum Gasteiger partial charge on any atom is -0.490 e. The molecule has 2 rings (SSSR count). The van der Waals surface area contributed by atoms with E-state index in [9.17, 15) is 4.79 Å². The second-order valence-electron chi connectivity index (χ2n) is 4.34. The van der Waals surface area contributed by atoms with Crippen LogP contribution in [0, 0.1) is 0 Å². The maximum Gasteiger partial charge on any atom is 0.226 e. The van der Waals surface area contributed by atoms with Gasteiger partial charge in [-0.1, -0.05) is 18.2 Å². The van der Waals surface area contributed by atoms with Gasteiger partial charge in [-0.05, 0) is 6.07 Å². The van der Waals surface area contributed by atoms with Gasteiger partial charge in [-0.25, -0.2) is 0 Å². The molecule has 1 heterocycles. The molecule has 1 saturated heterocycles. The van der Waals surface area contributed by atoms with Gasteiger partial charge >= 0.3 is 0 Å². The second-order valence-corrected chi connectivity index (χ2v) is 4.34. The van der Waals surface area contributed by atoms with Gasteiger partial charge in [-0.3, -0.25) is 4.79 Å². The van der Waals surface area contributed by atoms with Crippen LogP contribution < -0.4 is 4.74 Å². The number of rotatable bonds is 5. The molecule has 0 saturated carbocycles. The number of ether oxygens (including phenoxy) is 2. The van der Waals surface area contributed by atoms with Gasteiger partial charge in [0.05, 0.1) is 13.0 Å². The molecule has 1 fully saturated rings. The zero-order valence-electron chi connectivity index (χ0n) is 10.2. The molecule has 0 aliphatic carbocycles. The predicted octanol–water partition coefficient (Wildman–Crippen LogP) is 1.09. The van der Waals surface area contributed by atoms with Crippen LogP contribution in [0.15, 0.2) is 24.3 Å². The summed E-state index contributed by atoms with van der Waals surface area (Å²) in [5.41, 5.74) is 0.923. The third-order valence-electron chi connectivity index (χ3n) is 2.64. The van der Waals surface area contributed by atoms with Gasteiger partial charge < -0.3 is 14.4 Å². The maximum absolute atomic E-state index is 11.7. The van der Waals surface area contributed by atoms with Gasteiger partial charge in [-0.15, -0.1) is 0 Å². The third-order valence-corrected chi connectivity index (χ3v) is 2.64. The Kier molecular flexibility index (Phi) is 3.64. The van der Waals surface area contributed by atoms with Crippen molar-refractivity contribution in [3.05, 3.63) is 29.8 Å². The van der Waals surface area contributed by atoms with E-state index in [0.717, 1.165) is 17.9 Å². The molecule has 1 unspecified atom stereocenters. The van der Waals surface area contributed by atoms with E-state index in [4.69, 9.17) is 9.47 Å². The van der Waals surface area contributed by atoms with E-state index in [0.29, 0.717) is 13.0 Å². The predicted molar refractivity (Wildman–Crippen MR) is 64.1 cm³/mol. The molecule has 1 amide bonds. The van der Waals surface area contributed by atoms with E-state index in [1.807, 2.05) is 24.3 Å². The molecule has 92 valence electrons. The van der Waals surface area contributed by atoms with E-state index in [1.54, 1.807) is 19.0 Å². The largest absolute Gasteiger partial charge is 0.490 e. The van der Waals surface area contributed by atoms with Crippen molar-refractivity contribution in [1.29, 1.82) is 0 Å². The van der Waals surface area contributed by atoms with Gasteiger partial charge in [0, 0.05) is 19.7 Å². The summed E-state index contributed by atoms with van der Waals surface area (Å²) in [6.45, 7) is 1.34. The highest BCUT2D eigenvalue weighted by molar-refractivity contribution is 5.78. The highest BCUT2D eigenvalue weighted by atomic mass is 16.6. The molecule has 1 aromatic rings. The summed E-state index contributed by atoms with van der Waals surface area (Å²) in [6, 6.07) is 7.64. The van der Waals surface area contributed by atoms with Crippen LogP contribution in [0.5, 0.6) is 5.75 Å². The fourth-order valence-corrected chi connectivity index (χ4v) is 1.46. The van der Waals surface area contributed by atoms with E-state index >= 15 is 0 Å². The molecule has 1 atom stereocenters. The van der Waals surface area contributed by atoms with Crippen molar-refractivity contribution in [3.8, 4) is 5.75 Å². The molecule has 0 bridgehead atoms. The first-order chi connectivity index (χ1) is 8.16. The number of carbonyl (C=O) groups excluding carboxylic acids is 1. The van der Waals surface area contributed by atoms with E-state index in [-0.39, 0.29) is 12.0 Å². The number of para-hydroxylation sites is 1. The van der Waals surface area contributed by atoms with Crippen LogP contribution in [0.25, 0.3) is 0 Å². The number of hydrogen-bond donors (Lipinski definition) is 0. The minimum atomic E-state index is 0.0729. The lowest BCUT2D eigenvalue weighted by Crippen LogP contribution is -2.23. The van der Waals surface area contributed by atoms with Crippen molar-refractivity contribution in [2.75, 3.05) is 27.3 Å². The molecule has 1 aromatic carbocycles. The van der Waals surface area contributed by atoms with Crippen molar-refractivity contribution < 1.29 is 14.3 Å². The standard InChI is InChI=1S/C13H17NO3/c1-14(2)13(15)7-10-5-3-4-6-12(10)17-9-11-8-16-11/h3-6,11H,7-9H2,1-2H3. The SMILES string of the molecule is CN(C)C(=O)Cc1ccccc1OCC1CO1. The Balaban J connectivity index is 2.01. The molecule has 0 spiro atoms. The van der Waals surface area contributed by atoms with Crippen molar-refractivity contribution in [2.45, 2.75) is 12.5 Å². The van der Waals surface area contributed by atoms with E-state index in [2.05, 4.69) is 0 Å². The molecule has 1 aliphatic rings. The smallest absolute Gasteiger partial charge is 0.226 e. The molecule has 4 nitrogen and oxygen atoms in total. The highest BCUT2D eigenvalue weighted by Gasteiger charge is 2.23. The molecule has 1 aliphatic heterocycles. The summed E-state index contributed by atoms with van der Waals surface area (Å²) in [5, 5.41) is 0. The van der Waals surface area contributed by atoms with Crippen LogP contribution in [0.1, 0.15) is 5.56 Å². The summed E-state index contributed by atoms with van der Waals surface area (Å²) in [4.78, 5) is 13.2. The van der Waals surface area contributed by atoms with Crippen molar-refractivity contribution in [3.63, 3.8) is 0 Å². The summed E-state index contributed by atoms with van der Waals surface area (Å²) < 4.78 is 10.7. The Hall–Kier alpha value is -1.55. The maximum atomic E-state index is 11.7. The monoisotopic (exact) mass is 235 g/mol. The summed E-state index contributed by atoms with van der Waals surface area (Å²) in [6.07, 6.45) is 0.599. The van der Waals surface area contributed by atoms with Crippen LogP contribution in [0.2, 0.25) is 0 Å². The normalized spacial score (nSPS) is 17.6. The lowest BCUT2D eigenvalue weighted by atomic mass is 10.1. The van der Waals surface area contributed by atoms with Crippen molar-refractivity contribution in [1.82, 2.24) is 4.90 Å². The Morgan fingerprint density at radius 2 is 2.18 bits per heavy atom. The zero-order valence-corrected chi connectivity index (χ0v) is 10.2. The molecule has 4 heteroatoms. The van der Waals surface area contributed by atoms with E-state index < -0.39 is 0 Å². The number of amides is 1. The van der Waals surface area contributed by atoms with Gasteiger partial charge in [0.25, 0.3) is 0 Å². The first kappa shape index (κ1) is 11.9. The van der Waals surface area contributed by atoms with Gasteiger partial charge in [0.1, 0.15) is 18.5 Å². The number of epoxide rings is 1. The fourth-order valence-electron chi connectivity index (χ4n) is 1.46. The number of benzene rings is 1. The van der Waals surface area contributed by atoms with Crippen LogP contribution in [-0.2, 0) is 16.0 Å². The minimum absolute atomic E-state index is 0.0729. The van der Waals surface area contributed by atoms with Crippen molar-refractivity contribution >= 4 is 5.91 Å². The lowest BCUT2D eigenvalue weighted by Gasteiger charge is -2.13. The molecule has 0 radical (unpaired) electrons. The summed E-state index contributed by atoms with van der Waals surface area (Å²) in [7, 11) is 3.51. The first-order valence-corrected chi connectivity index (χ1v) is 5.69. The third kappa shape index (κ3) is 3.46. The molecular formula is C13H17NO3. The first-order valence-electron chi connectivity index (χ1n) is 5.69. The van der Waals surface area contributed by atoms with Crippen molar-refractivity contribution in [2.24, 2.45) is 0 Å². The number of carbonyl (C=O) groups is 1. The van der Waals surface area contributed by atoms with Gasteiger partial charge in [0.15, 0.2) is 0 Å². The molecule has 0 aromatic heterocycles. The topological polar surface area (TPSA) is 42.1 Å². The summed E-state index contributed by atoms with van der Waals surface area (Å²) >= 11 is 0. The van der Waals surface area contributed by atoms with Gasteiger partial charge in [-0.2, -0.15) is 0 Å². The molecular weight excluding hydrogens is 218 g/mol. The highest BCUT2D eigenvalue weighted by Crippen LogP contribution is 2.21. The number of hydrogen-bond acceptors (Lipinski definition) is 3. The van der Waals surface area contributed by atoms with Gasteiger partial charge in [0.2, 0.25) is 5.91 Å².